The van der Waals surface area contributed by atoms with E-state index in [-0.39, 0.29) is 18.6 Å². The summed E-state index contributed by atoms with van der Waals surface area (Å²) in [6, 6.07) is 8.15. The van der Waals surface area contributed by atoms with Crippen molar-refractivity contribution in [3.05, 3.63) is 29.8 Å². The second-order valence-corrected chi connectivity index (χ2v) is 6.06. The monoisotopic (exact) mass is 282 g/mol. The maximum Gasteiger partial charge on any atom is 0.303 e. The van der Waals surface area contributed by atoms with Crippen molar-refractivity contribution in [2.24, 2.45) is 0 Å². The Bertz CT molecular complexity index is 604. The van der Waals surface area contributed by atoms with Crippen LogP contribution in [-0.4, -0.2) is 32.3 Å². The number of rotatable bonds is 6. The molecule has 0 aromatic heterocycles. The highest BCUT2D eigenvalue weighted by molar-refractivity contribution is 7.92. The van der Waals surface area contributed by atoms with Gasteiger partial charge in [-0.1, -0.05) is 6.07 Å². The Hall–Kier alpha value is -2.07. The molecule has 6 nitrogen and oxygen atoms in total. The molecule has 0 fully saturated rings. The molecule has 19 heavy (non-hydrogen) atoms. The van der Waals surface area contributed by atoms with Gasteiger partial charge in [-0.25, -0.2) is 8.42 Å². The minimum atomic E-state index is -3.57. The number of aliphatic carboxylic acids is 1. The van der Waals surface area contributed by atoms with Crippen LogP contribution < -0.4 is 4.31 Å². The van der Waals surface area contributed by atoms with Crippen molar-refractivity contribution in [2.75, 3.05) is 17.1 Å². The lowest BCUT2D eigenvalue weighted by Crippen LogP contribution is -2.29. The van der Waals surface area contributed by atoms with Gasteiger partial charge in [-0.05, 0) is 24.6 Å². The molecule has 102 valence electrons. The van der Waals surface area contributed by atoms with Crippen molar-refractivity contribution in [1.29, 1.82) is 5.26 Å². The van der Waals surface area contributed by atoms with E-state index < -0.39 is 16.0 Å². The maximum absolute atomic E-state index is 12.0. The second kappa shape index (κ2) is 6.20. The lowest BCUT2D eigenvalue weighted by molar-refractivity contribution is -0.137. The largest absolute Gasteiger partial charge is 0.481 e. The zero-order valence-electron chi connectivity index (χ0n) is 10.4. The molecule has 1 rings (SSSR count). The van der Waals surface area contributed by atoms with E-state index >= 15 is 0 Å². The normalized spacial score (nSPS) is 10.7. The van der Waals surface area contributed by atoms with Crippen LogP contribution in [0.3, 0.4) is 0 Å². The minimum absolute atomic E-state index is 0.0555. The number of carboxylic acid groups (broad SMARTS) is 1. The summed E-state index contributed by atoms with van der Waals surface area (Å²) in [6.45, 7) is 0. The molecule has 0 saturated heterocycles. The van der Waals surface area contributed by atoms with Gasteiger partial charge in [0.2, 0.25) is 10.0 Å². The Morgan fingerprint density at radius 2 is 2.16 bits per heavy atom. The molecule has 0 unspecified atom stereocenters. The van der Waals surface area contributed by atoms with E-state index in [4.69, 9.17) is 10.4 Å². The SMILES string of the molecule is CN(c1cccc(C#N)c1)S(=O)(=O)CCCC(=O)O. The van der Waals surface area contributed by atoms with Crippen LogP contribution in [0.2, 0.25) is 0 Å². The Labute approximate surface area is 111 Å². The van der Waals surface area contributed by atoms with Gasteiger partial charge in [-0.2, -0.15) is 5.26 Å². The minimum Gasteiger partial charge on any atom is -0.481 e. The third-order valence-electron chi connectivity index (χ3n) is 2.55. The van der Waals surface area contributed by atoms with Gasteiger partial charge >= 0.3 is 5.97 Å². The Balaban J connectivity index is 2.83. The molecule has 0 spiro atoms. The van der Waals surface area contributed by atoms with Gasteiger partial charge in [0.25, 0.3) is 0 Å². The number of benzene rings is 1. The molecular weight excluding hydrogens is 268 g/mol. The average Bonchev–Trinajstić information content (AvgIpc) is 2.37. The average molecular weight is 282 g/mol. The third-order valence-corrected chi connectivity index (χ3v) is 4.40. The molecule has 1 aromatic carbocycles. The van der Waals surface area contributed by atoms with E-state index in [1.54, 1.807) is 18.2 Å². The van der Waals surface area contributed by atoms with Crippen LogP contribution in [0.4, 0.5) is 5.69 Å². The smallest absolute Gasteiger partial charge is 0.303 e. The molecule has 1 aromatic rings. The highest BCUT2D eigenvalue weighted by Gasteiger charge is 2.18. The van der Waals surface area contributed by atoms with Crippen molar-refractivity contribution >= 4 is 21.7 Å². The van der Waals surface area contributed by atoms with Crippen molar-refractivity contribution in [1.82, 2.24) is 0 Å². The molecule has 1 N–H and O–H groups in total. The summed E-state index contributed by atoms with van der Waals surface area (Å²) in [5, 5.41) is 17.3. The highest BCUT2D eigenvalue weighted by Crippen LogP contribution is 2.18. The van der Waals surface area contributed by atoms with Crippen LogP contribution in [0.25, 0.3) is 0 Å². The molecular formula is C12H14N2O4S. The first-order valence-corrected chi connectivity index (χ1v) is 7.16. The van der Waals surface area contributed by atoms with E-state index in [1.165, 1.54) is 13.1 Å². The van der Waals surface area contributed by atoms with Gasteiger partial charge < -0.3 is 5.11 Å². The number of hydrogen-bond donors (Lipinski definition) is 1. The summed E-state index contributed by atoms with van der Waals surface area (Å²) >= 11 is 0. The maximum atomic E-state index is 12.0. The van der Waals surface area contributed by atoms with Crippen LogP contribution in [0.15, 0.2) is 24.3 Å². The summed E-state index contributed by atoms with van der Waals surface area (Å²) in [4.78, 5) is 10.4. The topological polar surface area (TPSA) is 98.5 Å². The van der Waals surface area contributed by atoms with E-state index in [1.807, 2.05) is 6.07 Å². The Kier molecular flexibility index (Phi) is 4.89. The van der Waals surface area contributed by atoms with Crippen LogP contribution >= 0.6 is 0 Å². The summed E-state index contributed by atoms with van der Waals surface area (Å²) in [5.41, 5.74) is 0.750. The van der Waals surface area contributed by atoms with Crippen molar-refractivity contribution in [3.8, 4) is 6.07 Å². The quantitative estimate of drug-likeness (QED) is 0.845. The molecule has 0 aliphatic heterocycles. The fourth-order valence-corrected chi connectivity index (χ4v) is 2.69. The number of nitrogens with zero attached hydrogens (tertiary/aromatic N) is 2. The molecule has 0 bridgehead atoms. The Morgan fingerprint density at radius 1 is 1.47 bits per heavy atom. The lowest BCUT2D eigenvalue weighted by Gasteiger charge is -2.19. The highest BCUT2D eigenvalue weighted by atomic mass is 32.2. The molecule has 0 aliphatic rings. The molecule has 0 aliphatic carbocycles. The zero-order chi connectivity index (χ0) is 14.5. The third kappa shape index (κ3) is 4.26. The summed E-state index contributed by atoms with van der Waals surface area (Å²) in [5.74, 6) is -1.27. The molecule has 0 radical (unpaired) electrons. The van der Waals surface area contributed by atoms with Crippen LogP contribution in [0.1, 0.15) is 18.4 Å². The summed E-state index contributed by atoms with van der Waals surface area (Å²) < 4.78 is 25.0. The molecule has 0 saturated carbocycles. The first-order valence-electron chi connectivity index (χ1n) is 5.55. The van der Waals surface area contributed by atoms with Gasteiger partial charge in [0, 0.05) is 13.5 Å². The van der Waals surface area contributed by atoms with E-state index in [2.05, 4.69) is 0 Å². The van der Waals surface area contributed by atoms with Gasteiger partial charge in [-0.15, -0.1) is 0 Å². The van der Waals surface area contributed by atoms with Gasteiger partial charge in [0.05, 0.1) is 23.1 Å². The molecule has 0 amide bonds. The molecule has 0 heterocycles. The van der Waals surface area contributed by atoms with Gasteiger partial charge in [-0.3, -0.25) is 9.10 Å². The predicted molar refractivity (Wildman–Crippen MR) is 70.2 cm³/mol. The number of anilines is 1. The van der Waals surface area contributed by atoms with Crippen molar-refractivity contribution in [2.45, 2.75) is 12.8 Å². The fourth-order valence-electron chi connectivity index (χ4n) is 1.47. The number of carboxylic acids is 1. The predicted octanol–water partition coefficient (Wildman–Crippen LogP) is 1.19. The molecule has 7 heteroatoms. The number of hydrogen-bond acceptors (Lipinski definition) is 4. The van der Waals surface area contributed by atoms with E-state index in [9.17, 15) is 13.2 Å². The zero-order valence-corrected chi connectivity index (χ0v) is 11.2. The van der Waals surface area contributed by atoms with Crippen LogP contribution in [0.5, 0.6) is 0 Å². The van der Waals surface area contributed by atoms with Crippen molar-refractivity contribution < 1.29 is 18.3 Å². The first kappa shape index (κ1) is 15.0. The standard InChI is InChI=1S/C12H14N2O4S/c1-14(11-5-2-4-10(8-11)9-13)19(17,18)7-3-6-12(15)16/h2,4-5,8H,3,6-7H2,1H3,(H,15,16). The Morgan fingerprint density at radius 3 is 2.74 bits per heavy atom. The van der Waals surface area contributed by atoms with Crippen LogP contribution in [0, 0.1) is 11.3 Å². The second-order valence-electron chi connectivity index (χ2n) is 3.94. The number of sulfonamides is 1. The van der Waals surface area contributed by atoms with Gasteiger partial charge in [0.15, 0.2) is 0 Å². The summed E-state index contributed by atoms with van der Waals surface area (Å²) in [6.07, 6.45) is -0.134. The number of nitriles is 1. The first-order chi connectivity index (χ1) is 8.86. The fraction of sp³-hybridized carbons (Fsp3) is 0.333. The van der Waals surface area contributed by atoms with Crippen molar-refractivity contribution in [3.63, 3.8) is 0 Å². The molecule has 0 atom stereocenters. The number of carbonyl (C=O) groups is 1. The lowest BCUT2D eigenvalue weighted by atomic mass is 10.2. The van der Waals surface area contributed by atoms with E-state index in [0.29, 0.717) is 11.3 Å². The van der Waals surface area contributed by atoms with E-state index in [0.717, 1.165) is 4.31 Å². The van der Waals surface area contributed by atoms with Gasteiger partial charge in [0.1, 0.15) is 0 Å². The van der Waals surface area contributed by atoms with Crippen LogP contribution in [-0.2, 0) is 14.8 Å². The summed E-state index contributed by atoms with van der Waals surface area (Å²) in [7, 11) is -2.19.